The standard InChI is InChI=1S/C27H22ClF2N5O4S/c1-13-6-15(16-8-23(28)32-10-21(16)39-3)18(9-31-13)25(36)34-27-33-19-11-35(12-22(19)40-27)26(37)14-4-5-20(38-2)17(7-14)24(29)30/h4-10,24H,11-12H2,1-3H3,(H,33,34,36). The van der Waals surface area contributed by atoms with Crippen molar-refractivity contribution in [2.45, 2.75) is 26.4 Å². The first kappa shape index (κ1) is 27.4. The largest absolute Gasteiger partial charge is 0.496 e. The monoisotopic (exact) mass is 585 g/mol. The number of halogens is 3. The van der Waals surface area contributed by atoms with E-state index in [4.69, 9.17) is 21.1 Å². The highest BCUT2D eigenvalue weighted by Crippen LogP contribution is 2.36. The van der Waals surface area contributed by atoms with E-state index >= 15 is 0 Å². The van der Waals surface area contributed by atoms with Crippen molar-refractivity contribution in [3.63, 3.8) is 0 Å². The Morgan fingerprint density at radius 3 is 2.52 bits per heavy atom. The maximum absolute atomic E-state index is 13.4. The second kappa shape index (κ2) is 11.1. The van der Waals surface area contributed by atoms with Crippen LogP contribution in [0.15, 0.2) is 42.7 Å². The molecule has 2 amide bonds. The summed E-state index contributed by atoms with van der Waals surface area (Å²) in [5.74, 6) is -0.373. The molecule has 1 aromatic carbocycles. The number of rotatable bonds is 7. The molecule has 5 rings (SSSR count). The number of ether oxygens (including phenoxy) is 2. The van der Waals surface area contributed by atoms with Gasteiger partial charge in [0, 0.05) is 28.6 Å². The Labute approximate surface area is 236 Å². The van der Waals surface area contributed by atoms with Crippen LogP contribution in [0, 0.1) is 6.92 Å². The highest BCUT2D eigenvalue weighted by atomic mass is 35.5. The van der Waals surface area contributed by atoms with Gasteiger partial charge in [-0.25, -0.2) is 18.7 Å². The predicted octanol–water partition coefficient (Wildman–Crippen LogP) is 5.93. The van der Waals surface area contributed by atoms with E-state index in [-0.39, 0.29) is 40.7 Å². The Morgan fingerprint density at radius 2 is 1.82 bits per heavy atom. The zero-order chi connectivity index (χ0) is 28.6. The quantitative estimate of drug-likeness (QED) is 0.268. The number of nitrogens with one attached hydrogen (secondary N) is 1. The number of aryl methyl sites for hydroxylation is 1. The number of benzene rings is 1. The first-order valence-electron chi connectivity index (χ1n) is 11.9. The van der Waals surface area contributed by atoms with E-state index in [0.29, 0.717) is 33.4 Å². The normalized spacial score (nSPS) is 12.4. The molecule has 0 saturated heterocycles. The molecular formula is C27H22ClF2N5O4S. The fraction of sp³-hybridized carbons (Fsp3) is 0.222. The molecule has 0 aliphatic carbocycles. The van der Waals surface area contributed by atoms with Gasteiger partial charge in [-0.05, 0) is 37.3 Å². The summed E-state index contributed by atoms with van der Waals surface area (Å²) in [6, 6.07) is 7.33. The third-order valence-corrected chi connectivity index (χ3v) is 7.51. The molecule has 3 aromatic heterocycles. The minimum atomic E-state index is -2.78. The fourth-order valence-electron chi connectivity index (χ4n) is 4.38. The van der Waals surface area contributed by atoms with Gasteiger partial charge in [-0.2, -0.15) is 0 Å². The molecule has 0 unspecified atom stereocenters. The van der Waals surface area contributed by atoms with Crippen LogP contribution in [0.3, 0.4) is 0 Å². The van der Waals surface area contributed by atoms with Crippen LogP contribution in [0.2, 0.25) is 5.15 Å². The molecule has 4 aromatic rings. The summed E-state index contributed by atoms with van der Waals surface area (Å²) in [7, 11) is 2.80. The molecule has 4 heterocycles. The van der Waals surface area contributed by atoms with Gasteiger partial charge >= 0.3 is 0 Å². The summed E-state index contributed by atoms with van der Waals surface area (Å²) in [6.07, 6.45) is 0.169. The first-order valence-corrected chi connectivity index (χ1v) is 13.1. The van der Waals surface area contributed by atoms with Gasteiger partial charge in [-0.15, -0.1) is 0 Å². The highest BCUT2D eigenvalue weighted by Gasteiger charge is 2.30. The molecule has 206 valence electrons. The summed E-state index contributed by atoms with van der Waals surface area (Å²) < 4.78 is 37.2. The average Bonchev–Trinajstić information content (AvgIpc) is 3.51. The molecule has 13 heteroatoms. The van der Waals surface area contributed by atoms with Gasteiger partial charge in [-0.3, -0.25) is 19.9 Å². The lowest BCUT2D eigenvalue weighted by atomic mass is 10.0. The molecule has 1 aliphatic heterocycles. The Morgan fingerprint density at radius 1 is 1.05 bits per heavy atom. The van der Waals surface area contributed by atoms with Crippen LogP contribution in [0.5, 0.6) is 11.5 Å². The molecule has 0 spiro atoms. The third kappa shape index (κ3) is 5.32. The maximum atomic E-state index is 13.4. The minimum absolute atomic E-state index is 0.0199. The van der Waals surface area contributed by atoms with Crippen molar-refractivity contribution in [2.75, 3.05) is 19.5 Å². The van der Waals surface area contributed by atoms with Crippen LogP contribution in [0.1, 0.15) is 49.0 Å². The molecule has 1 aliphatic rings. The summed E-state index contributed by atoms with van der Waals surface area (Å²) in [6.45, 7) is 2.22. The average molecular weight is 586 g/mol. The van der Waals surface area contributed by atoms with E-state index in [2.05, 4.69) is 20.3 Å². The molecule has 0 saturated carbocycles. The lowest BCUT2D eigenvalue weighted by molar-refractivity contribution is 0.0750. The summed E-state index contributed by atoms with van der Waals surface area (Å²) >= 11 is 7.36. The van der Waals surface area contributed by atoms with Crippen molar-refractivity contribution in [1.82, 2.24) is 19.9 Å². The van der Waals surface area contributed by atoms with E-state index in [1.165, 1.54) is 55.0 Å². The van der Waals surface area contributed by atoms with Crippen molar-refractivity contribution in [3.8, 4) is 22.6 Å². The lowest BCUT2D eigenvalue weighted by Gasteiger charge is -2.17. The van der Waals surface area contributed by atoms with Gasteiger partial charge in [0.1, 0.15) is 16.7 Å². The van der Waals surface area contributed by atoms with Crippen LogP contribution in [-0.4, -0.2) is 45.9 Å². The summed E-state index contributed by atoms with van der Waals surface area (Å²) in [5.41, 5.74) is 2.54. The Kier molecular flexibility index (Phi) is 7.63. The molecule has 40 heavy (non-hydrogen) atoms. The summed E-state index contributed by atoms with van der Waals surface area (Å²) in [4.78, 5) is 41.5. The van der Waals surface area contributed by atoms with E-state index < -0.39 is 18.2 Å². The number of carbonyl (C=O) groups excluding carboxylic acids is 2. The number of anilines is 1. The molecule has 1 N–H and O–H groups in total. The topological polar surface area (TPSA) is 107 Å². The van der Waals surface area contributed by atoms with E-state index in [0.717, 1.165) is 10.9 Å². The fourth-order valence-corrected chi connectivity index (χ4v) is 5.52. The van der Waals surface area contributed by atoms with Crippen LogP contribution in [0.4, 0.5) is 13.9 Å². The maximum Gasteiger partial charge on any atom is 0.267 e. The zero-order valence-electron chi connectivity index (χ0n) is 21.5. The van der Waals surface area contributed by atoms with Crippen LogP contribution < -0.4 is 14.8 Å². The highest BCUT2D eigenvalue weighted by molar-refractivity contribution is 7.16. The number of thiazole rings is 1. The SMILES string of the molecule is COc1cnc(Cl)cc1-c1cc(C)ncc1C(=O)Nc1nc2c(s1)CN(C(=O)c1ccc(OC)c(C(F)F)c1)C2. The minimum Gasteiger partial charge on any atom is -0.496 e. The summed E-state index contributed by atoms with van der Waals surface area (Å²) in [5, 5.41) is 3.42. The van der Waals surface area contributed by atoms with Crippen LogP contribution >= 0.6 is 22.9 Å². The first-order chi connectivity index (χ1) is 19.2. The van der Waals surface area contributed by atoms with Gasteiger partial charge in [-0.1, -0.05) is 22.9 Å². The van der Waals surface area contributed by atoms with Gasteiger partial charge in [0.05, 0.1) is 55.2 Å². The van der Waals surface area contributed by atoms with Crippen LogP contribution in [-0.2, 0) is 13.1 Å². The number of nitrogens with zero attached hydrogens (tertiary/aromatic N) is 4. The molecular weight excluding hydrogens is 564 g/mol. The molecule has 0 radical (unpaired) electrons. The second-order valence-corrected chi connectivity index (χ2v) is 10.3. The number of methoxy groups -OCH3 is 2. The lowest BCUT2D eigenvalue weighted by Crippen LogP contribution is -2.25. The van der Waals surface area contributed by atoms with Gasteiger partial charge in [0.25, 0.3) is 18.2 Å². The van der Waals surface area contributed by atoms with Crippen molar-refractivity contribution in [3.05, 3.63) is 80.8 Å². The number of fused-ring (bicyclic) bond motifs is 1. The van der Waals surface area contributed by atoms with Crippen LogP contribution in [0.25, 0.3) is 11.1 Å². The van der Waals surface area contributed by atoms with E-state index in [1.807, 2.05) is 0 Å². The number of amides is 2. The van der Waals surface area contributed by atoms with Crippen molar-refractivity contribution in [2.24, 2.45) is 0 Å². The van der Waals surface area contributed by atoms with Gasteiger partial charge in [0.15, 0.2) is 5.13 Å². The third-order valence-electron chi connectivity index (χ3n) is 6.30. The number of alkyl halides is 2. The predicted molar refractivity (Wildman–Crippen MR) is 145 cm³/mol. The Balaban J connectivity index is 1.34. The smallest absolute Gasteiger partial charge is 0.267 e. The molecule has 0 bridgehead atoms. The number of aromatic nitrogens is 3. The number of hydrogen-bond donors (Lipinski definition) is 1. The molecule has 0 fully saturated rings. The number of pyridine rings is 2. The van der Waals surface area contributed by atoms with Crippen molar-refractivity contribution >= 4 is 39.9 Å². The van der Waals surface area contributed by atoms with E-state index in [9.17, 15) is 18.4 Å². The molecule has 9 nitrogen and oxygen atoms in total. The van der Waals surface area contributed by atoms with Crippen molar-refractivity contribution < 1.29 is 27.8 Å². The zero-order valence-corrected chi connectivity index (χ0v) is 23.1. The Bertz CT molecular complexity index is 1610. The van der Waals surface area contributed by atoms with Gasteiger partial charge in [0.2, 0.25) is 0 Å². The second-order valence-electron chi connectivity index (χ2n) is 8.84. The number of hydrogen-bond acceptors (Lipinski definition) is 8. The molecule has 0 atom stereocenters. The van der Waals surface area contributed by atoms with E-state index in [1.54, 1.807) is 19.1 Å². The number of carbonyl (C=O) groups is 2. The Hall–Kier alpha value is -4.16. The van der Waals surface area contributed by atoms with Crippen molar-refractivity contribution in [1.29, 1.82) is 0 Å². The van der Waals surface area contributed by atoms with Gasteiger partial charge < -0.3 is 14.4 Å².